The van der Waals surface area contributed by atoms with Crippen molar-refractivity contribution in [1.82, 2.24) is 15.1 Å². The maximum Gasteiger partial charge on any atom is 0.321 e. The van der Waals surface area contributed by atoms with Crippen LogP contribution in [0, 0.1) is 11.7 Å². The number of amides is 5. The highest BCUT2D eigenvalue weighted by Gasteiger charge is 2.34. The van der Waals surface area contributed by atoms with Gasteiger partial charge in [-0.3, -0.25) is 4.79 Å². The molecule has 11 heteroatoms. The fourth-order valence-electron chi connectivity index (χ4n) is 4.05. The van der Waals surface area contributed by atoms with Crippen LogP contribution in [0.15, 0.2) is 42.5 Å². The fraction of sp³-hybridized carbons (Fsp3) is 0.444. The molecule has 1 aliphatic rings. The number of rotatable bonds is 7. The van der Waals surface area contributed by atoms with Crippen molar-refractivity contribution in [1.29, 1.82) is 0 Å². The predicted octanol–water partition coefficient (Wildman–Crippen LogP) is 3.74. The van der Waals surface area contributed by atoms with Crippen LogP contribution in [0.3, 0.4) is 0 Å². The molecule has 5 amide bonds. The van der Waals surface area contributed by atoms with E-state index < -0.39 is 30.0 Å². The predicted molar refractivity (Wildman–Crippen MR) is 143 cm³/mol. The number of fused-ring (bicyclic) bond motifs is 1. The second-order valence-corrected chi connectivity index (χ2v) is 9.90. The van der Waals surface area contributed by atoms with E-state index in [0.717, 1.165) is 0 Å². The van der Waals surface area contributed by atoms with E-state index in [4.69, 9.17) is 4.74 Å². The molecule has 10 nitrogen and oxygen atoms in total. The average Bonchev–Trinajstić information content (AvgIpc) is 2.86. The topological polar surface area (TPSA) is 123 Å². The molecule has 206 valence electrons. The lowest BCUT2D eigenvalue weighted by Crippen LogP contribution is -2.50. The Morgan fingerprint density at radius 1 is 1.13 bits per heavy atom. The summed E-state index contributed by atoms with van der Waals surface area (Å²) in [5.41, 5.74) is 1.11. The fourth-order valence-corrected chi connectivity index (χ4v) is 4.05. The standard InChI is InChI=1S/C27H36FN5O5/c1-16(2)29-26(36)30-21-10-11-23-22(12-21)25(35)33(18(4)15-34)13-17(3)24(38-23)14-32(5)27(37)31-20-8-6-19(28)7-9-20/h6-12,16-18,24,34H,13-15H2,1-5H3,(H,31,37)(H2,29,30,36)/t17-,18-,24-/m0/s1. The molecule has 0 unspecified atom stereocenters. The van der Waals surface area contributed by atoms with Gasteiger partial charge in [0.2, 0.25) is 0 Å². The number of hydrogen-bond acceptors (Lipinski definition) is 5. The van der Waals surface area contributed by atoms with Crippen LogP contribution in [0.25, 0.3) is 0 Å². The lowest BCUT2D eigenvalue weighted by molar-refractivity contribution is 0.0371. The molecule has 0 fully saturated rings. The number of carbonyl (C=O) groups is 3. The first kappa shape index (κ1) is 28.7. The van der Waals surface area contributed by atoms with Gasteiger partial charge in [-0.25, -0.2) is 14.0 Å². The van der Waals surface area contributed by atoms with Gasteiger partial charge in [0.15, 0.2) is 0 Å². The third-order valence-corrected chi connectivity index (χ3v) is 6.24. The molecule has 1 aliphatic heterocycles. The molecular formula is C27H36FN5O5. The maximum absolute atomic E-state index is 13.5. The van der Waals surface area contributed by atoms with E-state index in [1.807, 2.05) is 20.8 Å². The molecule has 0 saturated heterocycles. The molecule has 3 rings (SSSR count). The van der Waals surface area contributed by atoms with Crippen molar-refractivity contribution in [3.63, 3.8) is 0 Å². The van der Waals surface area contributed by atoms with Gasteiger partial charge in [0.25, 0.3) is 5.91 Å². The SMILES string of the molecule is CC(C)NC(=O)Nc1ccc2c(c1)C(=O)N([C@@H](C)CO)C[C@H](C)[C@H](CN(C)C(=O)Nc1ccc(F)cc1)O2. The Morgan fingerprint density at radius 3 is 2.42 bits per heavy atom. The summed E-state index contributed by atoms with van der Waals surface area (Å²) in [5, 5.41) is 18.0. The van der Waals surface area contributed by atoms with Gasteiger partial charge in [-0.1, -0.05) is 6.92 Å². The molecule has 1 heterocycles. The van der Waals surface area contributed by atoms with Crippen LogP contribution < -0.4 is 20.7 Å². The molecule has 0 saturated carbocycles. The normalized spacial score (nSPS) is 18.0. The van der Waals surface area contributed by atoms with Crippen LogP contribution in [-0.2, 0) is 0 Å². The number of halogens is 1. The summed E-state index contributed by atoms with van der Waals surface area (Å²) >= 11 is 0. The second kappa shape index (κ2) is 12.6. The van der Waals surface area contributed by atoms with Gasteiger partial charge < -0.3 is 35.6 Å². The quantitative estimate of drug-likeness (QED) is 0.435. The molecule has 2 aromatic rings. The number of carbonyl (C=O) groups excluding carboxylic acids is 3. The van der Waals surface area contributed by atoms with Gasteiger partial charge in [-0.2, -0.15) is 0 Å². The van der Waals surface area contributed by atoms with Crippen molar-refractivity contribution < 1.29 is 28.6 Å². The molecule has 0 bridgehead atoms. The molecular weight excluding hydrogens is 493 g/mol. The molecule has 0 aliphatic carbocycles. The summed E-state index contributed by atoms with van der Waals surface area (Å²) in [6.07, 6.45) is -0.498. The third kappa shape index (κ3) is 7.34. The van der Waals surface area contributed by atoms with Gasteiger partial charge in [-0.05, 0) is 63.2 Å². The number of urea groups is 2. The molecule has 3 atom stereocenters. The first-order valence-electron chi connectivity index (χ1n) is 12.6. The van der Waals surface area contributed by atoms with Crippen LogP contribution in [0.1, 0.15) is 38.1 Å². The van der Waals surface area contributed by atoms with Crippen molar-refractivity contribution >= 4 is 29.3 Å². The Hall–Kier alpha value is -3.86. The monoisotopic (exact) mass is 529 g/mol. The maximum atomic E-state index is 13.5. The lowest BCUT2D eigenvalue weighted by atomic mass is 9.99. The largest absolute Gasteiger partial charge is 0.487 e. The summed E-state index contributed by atoms with van der Waals surface area (Å²) in [6.45, 7) is 7.59. The van der Waals surface area contributed by atoms with Crippen LogP contribution >= 0.6 is 0 Å². The number of nitrogens with zero attached hydrogens (tertiary/aromatic N) is 2. The van der Waals surface area contributed by atoms with E-state index in [2.05, 4.69) is 16.0 Å². The van der Waals surface area contributed by atoms with E-state index in [0.29, 0.717) is 17.1 Å². The van der Waals surface area contributed by atoms with Crippen LogP contribution in [0.2, 0.25) is 0 Å². The second-order valence-electron chi connectivity index (χ2n) is 9.90. The zero-order chi connectivity index (χ0) is 28.0. The van der Waals surface area contributed by atoms with Gasteiger partial charge in [0.05, 0.1) is 24.8 Å². The highest BCUT2D eigenvalue weighted by atomic mass is 19.1. The van der Waals surface area contributed by atoms with E-state index in [1.54, 1.807) is 37.1 Å². The summed E-state index contributed by atoms with van der Waals surface area (Å²) in [4.78, 5) is 41.5. The number of aliphatic hydroxyl groups excluding tert-OH is 1. The van der Waals surface area contributed by atoms with Gasteiger partial charge >= 0.3 is 12.1 Å². The minimum atomic E-state index is -0.498. The van der Waals surface area contributed by atoms with E-state index in [-0.39, 0.29) is 43.1 Å². The number of nitrogens with one attached hydrogen (secondary N) is 3. The Kier molecular flexibility index (Phi) is 9.51. The molecule has 0 spiro atoms. The molecule has 0 radical (unpaired) electrons. The Bertz CT molecular complexity index is 1140. The lowest BCUT2D eigenvalue weighted by Gasteiger charge is -2.38. The number of benzene rings is 2. The minimum Gasteiger partial charge on any atom is -0.487 e. The number of ether oxygens (including phenoxy) is 1. The Balaban J connectivity index is 1.85. The minimum absolute atomic E-state index is 0.0651. The van der Waals surface area contributed by atoms with Crippen molar-refractivity contribution in [3.05, 3.63) is 53.8 Å². The molecule has 0 aromatic heterocycles. The first-order valence-corrected chi connectivity index (χ1v) is 12.6. The summed E-state index contributed by atoms with van der Waals surface area (Å²) in [7, 11) is 1.62. The van der Waals surface area contributed by atoms with Crippen molar-refractivity contribution in [2.45, 2.75) is 45.9 Å². The highest BCUT2D eigenvalue weighted by molar-refractivity contribution is 5.99. The number of aliphatic hydroxyl groups is 1. The number of hydrogen-bond donors (Lipinski definition) is 4. The number of likely N-dealkylation sites (N-methyl/N-ethyl adjacent to an activating group) is 1. The zero-order valence-corrected chi connectivity index (χ0v) is 22.3. The van der Waals surface area contributed by atoms with Crippen molar-refractivity contribution in [2.24, 2.45) is 5.92 Å². The van der Waals surface area contributed by atoms with Crippen molar-refractivity contribution in [3.8, 4) is 5.75 Å². The summed E-state index contributed by atoms with van der Waals surface area (Å²) in [6, 6.07) is 8.93. The third-order valence-electron chi connectivity index (χ3n) is 6.24. The van der Waals surface area contributed by atoms with Crippen LogP contribution in [-0.4, -0.2) is 77.8 Å². The molecule has 38 heavy (non-hydrogen) atoms. The zero-order valence-electron chi connectivity index (χ0n) is 22.3. The average molecular weight is 530 g/mol. The van der Waals surface area contributed by atoms with E-state index in [1.165, 1.54) is 29.2 Å². The summed E-state index contributed by atoms with van der Waals surface area (Å²) < 4.78 is 19.5. The van der Waals surface area contributed by atoms with Crippen LogP contribution in [0.4, 0.5) is 25.4 Å². The smallest absolute Gasteiger partial charge is 0.321 e. The van der Waals surface area contributed by atoms with Gasteiger partial charge in [0.1, 0.15) is 17.7 Å². The number of anilines is 2. The van der Waals surface area contributed by atoms with Crippen molar-refractivity contribution in [2.75, 3.05) is 37.4 Å². The highest BCUT2D eigenvalue weighted by Crippen LogP contribution is 2.30. The molecule has 2 aromatic carbocycles. The van der Waals surface area contributed by atoms with E-state index >= 15 is 0 Å². The first-order chi connectivity index (χ1) is 18.0. The molecule has 4 N–H and O–H groups in total. The summed E-state index contributed by atoms with van der Waals surface area (Å²) in [5.74, 6) is -0.621. The van der Waals surface area contributed by atoms with Gasteiger partial charge in [-0.15, -0.1) is 0 Å². The Morgan fingerprint density at radius 2 is 1.79 bits per heavy atom. The van der Waals surface area contributed by atoms with E-state index in [9.17, 15) is 23.9 Å². The van der Waals surface area contributed by atoms with Gasteiger partial charge in [0, 0.05) is 36.9 Å². The van der Waals surface area contributed by atoms with Crippen LogP contribution in [0.5, 0.6) is 5.75 Å². The Labute approximate surface area is 222 Å².